The van der Waals surface area contributed by atoms with Crippen molar-refractivity contribution >= 4 is 16.0 Å². The standard InChI is InChI=1S/C24H29F4N7O2S/c1-15-30-20(14-35(15)21-6-5-16(11-19(21)25)13-33(2)3)22-18(24(26,27)28)12-29-23(32-22)31-17-7-9-34(10-8-17)38(4,36)37/h5-6,11-12,14,17H,7-10,13H2,1-4H3,(H,29,31,32)/i2D,3D. The molecule has 0 spiro atoms. The smallest absolute Gasteiger partial charge is 0.351 e. The number of aromatic nitrogens is 4. The summed E-state index contributed by atoms with van der Waals surface area (Å²) in [6.45, 7) is 2.27. The summed E-state index contributed by atoms with van der Waals surface area (Å²) in [5.41, 5.74) is -1.08. The first-order valence-electron chi connectivity index (χ1n) is 13.0. The largest absolute Gasteiger partial charge is 0.420 e. The molecule has 2 aromatic heterocycles. The van der Waals surface area contributed by atoms with Crippen molar-refractivity contribution in [3.8, 4) is 17.1 Å². The van der Waals surface area contributed by atoms with Gasteiger partial charge in [-0.2, -0.15) is 13.2 Å². The van der Waals surface area contributed by atoms with Crippen molar-refractivity contribution in [3.63, 3.8) is 0 Å². The van der Waals surface area contributed by atoms with Crippen LogP contribution in [0, 0.1) is 12.7 Å². The van der Waals surface area contributed by atoms with Crippen LogP contribution in [0.15, 0.2) is 30.6 Å². The second-order valence-electron chi connectivity index (χ2n) is 9.19. The third-order valence-electron chi connectivity index (χ3n) is 6.15. The van der Waals surface area contributed by atoms with E-state index in [1.807, 2.05) is 0 Å². The summed E-state index contributed by atoms with van der Waals surface area (Å²) >= 11 is 0. The lowest BCUT2D eigenvalue weighted by Gasteiger charge is -2.30. The molecule has 0 bridgehead atoms. The van der Waals surface area contributed by atoms with E-state index in [-0.39, 0.29) is 62.9 Å². The molecule has 1 fully saturated rings. The normalized spacial score (nSPS) is 16.5. The maximum absolute atomic E-state index is 15.1. The number of alkyl halides is 3. The number of aryl methyl sites for hydroxylation is 1. The monoisotopic (exact) mass is 557 g/mol. The van der Waals surface area contributed by atoms with Crippen LogP contribution in [0.25, 0.3) is 17.1 Å². The van der Waals surface area contributed by atoms with Gasteiger partial charge in [0.15, 0.2) is 0 Å². The molecule has 3 aromatic rings. The van der Waals surface area contributed by atoms with Crippen LogP contribution < -0.4 is 5.32 Å². The Morgan fingerprint density at radius 3 is 2.53 bits per heavy atom. The summed E-state index contributed by atoms with van der Waals surface area (Å²) in [6, 6.07) is 4.11. The first-order valence-corrected chi connectivity index (χ1v) is 13.5. The minimum atomic E-state index is -4.78. The van der Waals surface area contributed by atoms with Gasteiger partial charge in [-0.1, -0.05) is 6.07 Å². The molecule has 0 radical (unpaired) electrons. The van der Waals surface area contributed by atoms with Crippen LogP contribution in [0.3, 0.4) is 0 Å². The second kappa shape index (κ2) is 10.6. The van der Waals surface area contributed by atoms with Crippen LogP contribution in [0.2, 0.25) is 0 Å². The van der Waals surface area contributed by atoms with Crippen LogP contribution in [0.1, 0.15) is 32.5 Å². The minimum absolute atomic E-state index is 0.0584. The van der Waals surface area contributed by atoms with Gasteiger partial charge in [-0.25, -0.2) is 32.1 Å². The number of sulfonamides is 1. The number of anilines is 1. The number of hydrogen-bond acceptors (Lipinski definition) is 7. The van der Waals surface area contributed by atoms with Crippen molar-refractivity contribution in [1.29, 1.82) is 0 Å². The van der Waals surface area contributed by atoms with Crippen LogP contribution in [-0.4, -0.2) is 76.6 Å². The highest BCUT2D eigenvalue weighted by Gasteiger charge is 2.36. The van der Waals surface area contributed by atoms with Gasteiger partial charge < -0.3 is 14.8 Å². The fraction of sp³-hybridized carbons (Fsp3) is 0.458. The second-order valence-corrected chi connectivity index (χ2v) is 11.2. The average molecular weight is 558 g/mol. The molecule has 0 amide bonds. The van der Waals surface area contributed by atoms with Gasteiger partial charge in [0.25, 0.3) is 0 Å². The van der Waals surface area contributed by atoms with E-state index in [1.165, 1.54) is 39.0 Å². The molecule has 4 rings (SSSR count). The highest BCUT2D eigenvalue weighted by atomic mass is 32.2. The Hall–Kier alpha value is -3.10. The van der Waals surface area contributed by atoms with E-state index in [0.29, 0.717) is 24.6 Å². The summed E-state index contributed by atoms with van der Waals surface area (Å²) in [7, 11) is -3.56. The number of imidazole rings is 1. The van der Waals surface area contributed by atoms with E-state index in [9.17, 15) is 21.6 Å². The quantitative estimate of drug-likeness (QED) is 0.443. The van der Waals surface area contributed by atoms with Gasteiger partial charge in [0.2, 0.25) is 16.0 Å². The zero-order chi connectivity index (χ0) is 29.2. The zero-order valence-corrected chi connectivity index (χ0v) is 21.7. The number of hydrogen-bond donors (Lipinski definition) is 1. The molecule has 14 heteroatoms. The van der Waals surface area contributed by atoms with Crippen molar-refractivity contribution in [2.24, 2.45) is 0 Å². The lowest BCUT2D eigenvalue weighted by Crippen LogP contribution is -2.42. The van der Waals surface area contributed by atoms with Gasteiger partial charge >= 0.3 is 6.18 Å². The van der Waals surface area contributed by atoms with E-state index >= 15 is 4.39 Å². The Bertz CT molecular complexity index is 1460. The minimum Gasteiger partial charge on any atom is -0.351 e. The van der Waals surface area contributed by atoms with E-state index in [4.69, 9.17) is 2.74 Å². The van der Waals surface area contributed by atoms with E-state index in [1.54, 1.807) is 6.07 Å². The third-order valence-corrected chi connectivity index (χ3v) is 7.46. The highest BCUT2D eigenvalue weighted by molar-refractivity contribution is 7.88. The predicted molar refractivity (Wildman–Crippen MR) is 135 cm³/mol. The van der Waals surface area contributed by atoms with Crippen molar-refractivity contribution in [3.05, 3.63) is 53.4 Å². The molecule has 0 aliphatic carbocycles. The number of rotatable bonds is 7. The Labute approximate surface area is 221 Å². The highest BCUT2D eigenvalue weighted by Crippen LogP contribution is 2.36. The van der Waals surface area contributed by atoms with E-state index in [2.05, 4.69) is 20.3 Å². The maximum atomic E-state index is 15.1. The molecule has 206 valence electrons. The summed E-state index contributed by atoms with van der Waals surface area (Å²) in [4.78, 5) is 13.7. The van der Waals surface area contributed by atoms with Gasteiger partial charge in [0, 0.05) is 40.8 Å². The lowest BCUT2D eigenvalue weighted by atomic mass is 10.1. The van der Waals surface area contributed by atoms with Crippen LogP contribution in [0.4, 0.5) is 23.5 Å². The maximum Gasteiger partial charge on any atom is 0.420 e. The topological polar surface area (TPSA) is 96.2 Å². The molecule has 0 unspecified atom stereocenters. The molecule has 3 heterocycles. The molecule has 9 nitrogen and oxygen atoms in total. The van der Waals surface area contributed by atoms with Gasteiger partial charge in [0.05, 0.1) is 11.9 Å². The first-order chi connectivity index (χ1) is 18.8. The van der Waals surface area contributed by atoms with Crippen molar-refractivity contribution in [2.75, 3.05) is 38.7 Å². The molecule has 1 saturated heterocycles. The zero-order valence-electron chi connectivity index (χ0n) is 22.8. The van der Waals surface area contributed by atoms with Crippen LogP contribution in [0.5, 0.6) is 0 Å². The number of piperidine rings is 1. The molecular weight excluding hydrogens is 526 g/mol. The van der Waals surface area contributed by atoms with E-state index < -0.39 is 33.3 Å². The fourth-order valence-corrected chi connectivity index (χ4v) is 5.18. The van der Waals surface area contributed by atoms with Gasteiger partial charge in [-0.3, -0.25) is 0 Å². The Balaban J connectivity index is 1.63. The van der Waals surface area contributed by atoms with Crippen molar-refractivity contribution < 1.29 is 28.7 Å². The number of benzene rings is 1. The lowest BCUT2D eigenvalue weighted by molar-refractivity contribution is -0.137. The first kappa shape index (κ1) is 25.2. The van der Waals surface area contributed by atoms with Gasteiger partial charge in [-0.15, -0.1) is 0 Å². The molecule has 1 aliphatic rings. The number of nitrogens with one attached hydrogen (secondary N) is 1. The van der Waals surface area contributed by atoms with Crippen molar-refractivity contribution in [2.45, 2.75) is 38.5 Å². The SMILES string of the molecule is [2H]CN(C[2H])Cc1ccc(-n2cc(-c3nc(NC4CCN(S(C)(=O)=O)CC4)ncc3C(F)(F)F)nc2C)c(F)c1. The molecule has 0 atom stereocenters. The van der Waals surface area contributed by atoms with Crippen LogP contribution >= 0.6 is 0 Å². The molecular formula is C24H29F4N7O2S. The third kappa shape index (κ3) is 6.30. The Kier molecular flexibility index (Phi) is 7.01. The van der Waals surface area contributed by atoms with Gasteiger partial charge in [-0.05, 0) is 51.5 Å². The van der Waals surface area contributed by atoms with Gasteiger partial charge in [0.1, 0.15) is 28.6 Å². The van der Waals surface area contributed by atoms with Crippen LogP contribution in [-0.2, 0) is 22.7 Å². The Morgan fingerprint density at radius 1 is 1.21 bits per heavy atom. The number of halogens is 4. The summed E-state index contributed by atoms with van der Waals surface area (Å²) in [6.07, 6.45) is -0.848. The molecule has 1 aliphatic heterocycles. The summed E-state index contributed by atoms with van der Waals surface area (Å²) in [5, 5.41) is 3.00. The summed E-state index contributed by atoms with van der Waals surface area (Å²) in [5.74, 6) is -0.465. The average Bonchev–Trinajstić information content (AvgIpc) is 3.27. The molecule has 38 heavy (non-hydrogen) atoms. The predicted octanol–water partition coefficient (Wildman–Crippen LogP) is 3.69. The molecule has 0 saturated carbocycles. The van der Waals surface area contributed by atoms with Crippen molar-refractivity contribution in [1.82, 2.24) is 28.7 Å². The fourth-order valence-electron chi connectivity index (χ4n) is 4.30. The molecule has 1 N–H and O–H groups in total. The summed E-state index contributed by atoms with van der Waals surface area (Å²) < 4.78 is 97.7. The Morgan fingerprint density at radius 2 is 1.92 bits per heavy atom. The molecule has 1 aromatic carbocycles. The number of nitrogens with zero attached hydrogens (tertiary/aromatic N) is 6. The van der Waals surface area contributed by atoms with E-state index in [0.717, 1.165) is 6.26 Å².